The van der Waals surface area contributed by atoms with Crippen LogP contribution in [0.5, 0.6) is 5.75 Å². The van der Waals surface area contributed by atoms with Crippen molar-refractivity contribution >= 4 is 29.2 Å². The fourth-order valence-corrected chi connectivity index (χ4v) is 2.29. The lowest BCUT2D eigenvalue weighted by molar-refractivity contribution is -0.136. The van der Waals surface area contributed by atoms with E-state index in [0.29, 0.717) is 28.6 Å². The van der Waals surface area contributed by atoms with E-state index in [9.17, 15) is 9.59 Å². The number of aliphatic carboxylic acids is 1. The van der Waals surface area contributed by atoms with Gasteiger partial charge in [-0.3, -0.25) is 9.59 Å². The Balaban J connectivity index is 2.29. The van der Waals surface area contributed by atoms with Crippen LogP contribution < -0.4 is 10.1 Å². The molecule has 2 N–H and O–H groups in total. The van der Waals surface area contributed by atoms with Gasteiger partial charge in [-0.2, -0.15) is 0 Å². The molecule has 0 atom stereocenters. The molecule has 0 aliphatic carbocycles. The first-order valence-corrected chi connectivity index (χ1v) is 7.32. The van der Waals surface area contributed by atoms with Gasteiger partial charge in [0.15, 0.2) is 0 Å². The molecule has 0 saturated heterocycles. The Morgan fingerprint density at radius 1 is 1.39 bits per heavy atom. The SMILES string of the molecule is CCOc1cc(Cl)ccc1NC(=O)c1c(C)coc1CC(=O)O. The Labute approximate surface area is 138 Å². The van der Waals surface area contributed by atoms with Gasteiger partial charge in [0.05, 0.1) is 24.1 Å². The predicted molar refractivity (Wildman–Crippen MR) is 85.4 cm³/mol. The number of amides is 1. The van der Waals surface area contributed by atoms with Gasteiger partial charge in [0.25, 0.3) is 5.91 Å². The molecular formula is C16H16ClNO5. The molecule has 1 aromatic heterocycles. The van der Waals surface area contributed by atoms with Crippen LogP contribution in [0.2, 0.25) is 5.02 Å². The second-order valence-electron chi connectivity index (χ2n) is 4.82. The maximum absolute atomic E-state index is 12.5. The smallest absolute Gasteiger partial charge is 0.311 e. The molecule has 0 aliphatic heterocycles. The number of ether oxygens (including phenoxy) is 1. The summed E-state index contributed by atoms with van der Waals surface area (Å²) >= 11 is 5.92. The van der Waals surface area contributed by atoms with E-state index in [-0.39, 0.29) is 17.7 Å². The van der Waals surface area contributed by atoms with E-state index in [4.69, 9.17) is 25.9 Å². The highest BCUT2D eigenvalue weighted by molar-refractivity contribution is 6.30. The van der Waals surface area contributed by atoms with Crippen molar-refractivity contribution in [2.24, 2.45) is 0 Å². The highest BCUT2D eigenvalue weighted by Crippen LogP contribution is 2.29. The maximum atomic E-state index is 12.5. The standard InChI is InChI=1S/C16H16ClNO5/c1-3-22-12-6-10(17)4-5-11(12)18-16(21)15-9(2)8-23-13(15)7-14(19)20/h4-6,8H,3,7H2,1-2H3,(H,18,21)(H,19,20). The van der Waals surface area contributed by atoms with Crippen LogP contribution in [-0.2, 0) is 11.2 Å². The molecule has 0 saturated carbocycles. The lowest BCUT2D eigenvalue weighted by atomic mass is 10.1. The van der Waals surface area contributed by atoms with Crippen molar-refractivity contribution in [3.05, 3.63) is 46.4 Å². The van der Waals surface area contributed by atoms with Crippen LogP contribution in [0.25, 0.3) is 0 Å². The Bertz CT molecular complexity index is 738. The topological polar surface area (TPSA) is 88.8 Å². The second kappa shape index (κ2) is 7.19. The zero-order valence-electron chi connectivity index (χ0n) is 12.7. The minimum absolute atomic E-state index is 0.111. The number of carboxylic acid groups (broad SMARTS) is 1. The summed E-state index contributed by atoms with van der Waals surface area (Å²) in [4.78, 5) is 23.3. The average molecular weight is 338 g/mol. The molecule has 1 aromatic carbocycles. The summed E-state index contributed by atoms with van der Waals surface area (Å²) in [5.74, 6) is -0.987. The largest absolute Gasteiger partial charge is 0.492 e. The van der Waals surface area contributed by atoms with Gasteiger partial charge in [0, 0.05) is 16.7 Å². The Kier molecular flexibility index (Phi) is 5.28. The number of aryl methyl sites for hydroxylation is 1. The average Bonchev–Trinajstić information content (AvgIpc) is 2.82. The zero-order chi connectivity index (χ0) is 17.0. The molecule has 0 spiro atoms. The molecule has 0 fully saturated rings. The van der Waals surface area contributed by atoms with Crippen molar-refractivity contribution in [3.63, 3.8) is 0 Å². The number of carbonyl (C=O) groups excluding carboxylic acids is 1. The number of carboxylic acids is 1. The van der Waals surface area contributed by atoms with Crippen LogP contribution in [0, 0.1) is 6.92 Å². The molecule has 0 aliphatic rings. The summed E-state index contributed by atoms with van der Waals surface area (Å²) < 4.78 is 10.6. The minimum Gasteiger partial charge on any atom is -0.492 e. The van der Waals surface area contributed by atoms with Gasteiger partial charge < -0.3 is 19.6 Å². The van der Waals surface area contributed by atoms with E-state index in [1.807, 2.05) is 6.92 Å². The van der Waals surface area contributed by atoms with Crippen molar-refractivity contribution in [1.82, 2.24) is 0 Å². The molecule has 7 heteroatoms. The maximum Gasteiger partial charge on any atom is 0.311 e. The van der Waals surface area contributed by atoms with Crippen molar-refractivity contribution in [3.8, 4) is 5.75 Å². The molecule has 2 rings (SSSR count). The van der Waals surface area contributed by atoms with Gasteiger partial charge in [0.1, 0.15) is 17.9 Å². The van der Waals surface area contributed by atoms with Crippen LogP contribution >= 0.6 is 11.6 Å². The molecule has 6 nitrogen and oxygen atoms in total. The molecule has 1 amide bonds. The number of halogens is 1. The van der Waals surface area contributed by atoms with Gasteiger partial charge in [-0.05, 0) is 26.0 Å². The Morgan fingerprint density at radius 3 is 2.78 bits per heavy atom. The zero-order valence-corrected chi connectivity index (χ0v) is 13.4. The highest BCUT2D eigenvalue weighted by atomic mass is 35.5. The number of benzene rings is 1. The van der Waals surface area contributed by atoms with Crippen molar-refractivity contribution < 1.29 is 23.8 Å². The van der Waals surface area contributed by atoms with Crippen molar-refractivity contribution in [2.75, 3.05) is 11.9 Å². The number of carbonyl (C=O) groups is 2. The molecule has 1 heterocycles. The normalized spacial score (nSPS) is 10.4. The predicted octanol–water partition coefficient (Wildman–Crippen LogP) is 3.52. The molecular weight excluding hydrogens is 322 g/mol. The van der Waals surface area contributed by atoms with Gasteiger partial charge >= 0.3 is 5.97 Å². The number of nitrogens with one attached hydrogen (secondary N) is 1. The van der Waals surface area contributed by atoms with E-state index in [2.05, 4.69) is 5.32 Å². The first kappa shape index (κ1) is 16.9. The lowest BCUT2D eigenvalue weighted by Crippen LogP contribution is -2.16. The van der Waals surface area contributed by atoms with E-state index in [1.54, 1.807) is 25.1 Å². The molecule has 0 radical (unpaired) electrons. The number of rotatable bonds is 6. The summed E-state index contributed by atoms with van der Waals surface area (Å²) in [6.07, 6.45) is 0.994. The van der Waals surface area contributed by atoms with Crippen LogP contribution in [0.1, 0.15) is 28.6 Å². The van der Waals surface area contributed by atoms with Gasteiger partial charge in [-0.1, -0.05) is 11.6 Å². The van der Waals surface area contributed by atoms with Crippen molar-refractivity contribution in [1.29, 1.82) is 0 Å². The Hall–Kier alpha value is -2.47. The van der Waals surface area contributed by atoms with Crippen LogP contribution in [-0.4, -0.2) is 23.6 Å². The molecule has 0 bridgehead atoms. The summed E-state index contributed by atoms with van der Waals surface area (Å²) in [5, 5.41) is 12.1. The number of hydrogen-bond donors (Lipinski definition) is 2. The summed E-state index contributed by atoms with van der Waals surface area (Å²) in [6.45, 7) is 3.91. The highest BCUT2D eigenvalue weighted by Gasteiger charge is 2.21. The second-order valence-corrected chi connectivity index (χ2v) is 5.25. The fourth-order valence-electron chi connectivity index (χ4n) is 2.13. The number of anilines is 1. The third-order valence-electron chi connectivity index (χ3n) is 3.08. The van der Waals surface area contributed by atoms with E-state index in [0.717, 1.165) is 0 Å². The molecule has 23 heavy (non-hydrogen) atoms. The van der Waals surface area contributed by atoms with Gasteiger partial charge in [-0.25, -0.2) is 0 Å². The van der Waals surface area contributed by atoms with Crippen LogP contribution in [0.15, 0.2) is 28.9 Å². The third kappa shape index (κ3) is 4.04. The first-order chi connectivity index (χ1) is 10.9. The van der Waals surface area contributed by atoms with Crippen LogP contribution in [0.4, 0.5) is 5.69 Å². The van der Waals surface area contributed by atoms with Crippen LogP contribution in [0.3, 0.4) is 0 Å². The molecule has 122 valence electrons. The van der Waals surface area contributed by atoms with E-state index in [1.165, 1.54) is 6.26 Å². The molecule has 2 aromatic rings. The number of hydrogen-bond acceptors (Lipinski definition) is 4. The third-order valence-corrected chi connectivity index (χ3v) is 3.32. The summed E-state index contributed by atoms with van der Waals surface area (Å²) in [7, 11) is 0. The summed E-state index contributed by atoms with van der Waals surface area (Å²) in [6, 6.07) is 4.85. The Morgan fingerprint density at radius 2 is 2.13 bits per heavy atom. The van der Waals surface area contributed by atoms with Gasteiger partial charge in [-0.15, -0.1) is 0 Å². The minimum atomic E-state index is -1.07. The number of furan rings is 1. The van der Waals surface area contributed by atoms with E-state index >= 15 is 0 Å². The lowest BCUT2D eigenvalue weighted by Gasteiger charge is -2.12. The molecule has 0 unspecified atom stereocenters. The van der Waals surface area contributed by atoms with Gasteiger partial charge in [0.2, 0.25) is 0 Å². The first-order valence-electron chi connectivity index (χ1n) is 6.94. The van der Waals surface area contributed by atoms with Crippen molar-refractivity contribution in [2.45, 2.75) is 20.3 Å². The van der Waals surface area contributed by atoms with E-state index < -0.39 is 11.9 Å². The quantitative estimate of drug-likeness (QED) is 0.841. The monoisotopic (exact) mass is 337 g/mol. The summed E-state index contributed by atoms with van der Waals surface area (Å²) in [5.41, 5.74) is 1.22. The fraction of sp³-hybridized carbons (Fsp3) is 0.250.